The van der Waals surface area contributed by atoms with Gasteiger partial charge in [-0.2, -0.15) is 0 Å². The average molecular weight is 487 g/mol. The first-order chi connectivity index (χ1) is 12.6. The molecule has 5 heteroatoms. The van der Waals surface area contributed by atoms with Crippen LogP contribution in [-0.2, 0) is 14.7 Å². The fourth-order valence-corrected chi connectivity index (χ4v) is 25.0. The molecule has 0 saturated heterocycles. The van der Waals surface area contributed by atoms with Crippen LogP contribution in [0.15, 0.2) is 9.16 Å². The summed E-state index contributed by atoms with van der Waals surface area (Å²) >= 11 is -2.96. The second-order valence-corrected chi connectivity index (χ2v) is 22.3. The van der Waals surface area contributed by atoms with E-state index in [1.54, 1.807) is 0 Å². The van der Waals surface area contributed by atoms with Gasteiger partial charge in [0.15, 0.2) is 0 Å². The van der Waals surface area contributed by atoms with Gasteiger partial charge in [-0.3, -0.25) is 0 Å². The molecule has 0 aromatic heterocycles. The number of hydroxylamine groups is 2. The zero-order valence-corrected chi connectivity index (χ0v) is 21.9. The van der Waals surface area contributed by atoms with Crippen LogP contribution < -0.4 is 0 Å². The molecule has 0 saturated carbocycles. The summed E-state index contributed by atoms with van der Waals surface area (Å²) in [4.78, 5) is 12.9. The van der Waals surface area contributed by atoms with Crippen LogP contribution in [0.25, 0.3) is 0 Å². The molecule has 0 N–H and O–H groups in total. The van der Waals surface area contributed by atoms with Crippen molar-refractivity contribution in [2.24, 2.45) is 0 Å². The monoisotopic (exact) mass is 488 g/mol. The van der Waals surface area contributed by atoms with E-state index in [4.69, 9.17) is 4.74 Å². The third kappa shape index (κ3) is 4.92. The normalized spacial score (nSPS) is 19.6. The van der Waals surface area contributed by atoms with Crippen LogP contribution in [0.4, 0.5) is 0 Å². The van der Waals surface area contributed by atoms with E-state index >= 15 is 0 Å². The summed E-state index contributed by atoms with van der Waals surface area (Å²) in [5.41, 5.74) is -0.735. The second-order valence-electron chi connectivity index (χ2n) is 9.24. The maximum absolute atomic E-state index is 13.4. The fourth-order valence-electron chi connectivity index (χ4n) is 5.18. The van der Waals surface area contributed by atoms with Crippen molar-refractivity contribution < 1.29 is 14.7 Å². The van der Waals surface area contributed by atoms with Crippen molar-refractivity contribution in [3.05, 3.63) is 9.16 Å². The van der Waals surface area contributed by atoms with Crippen LogP contribution in [0, 0.1) is 0 Å². The zero-order chi connectivity index (χ0) is 20.9. The van der Waals surface area contributed by atoms with Gasteiger partial charge in [-0.15, -0.1) is 0 Å². The molecule has 0 unspecified atom stereocenters. The number of carbonyl (C=O) groups is 1. The van der Waals surface area contributed by atoms with E-state index in [9.17, 15) is 10.0 Å². The summed E-state index contributed by atoms with van der Waals surface area (Å²) < 4.78 is 10.2. The Hall–Kier alpha value is -0.0713. The van der Waals surface area contributed by atoms with Crippen molar-refractivity contribution in [2.75, 3.05) is 7.11 Å². The van der Waals surface area contributed by atoms with E-state index in [0.717, 1.165) is 0 Å². The Morgan fingerprint density at radius 3 is 1.63 bits per heavy atom. The SMILES string of the molecule is CCC[CH2][Sn]([CH2]CCC)([CH2]CCC)[C]1=C(C(=O)OC)C(C)(C)N([O])C1(C)C. The first kappa shape index (κ1) is 25.0. The summed E-state index contributed by atoms with van der Waals surface area (Å²) in [6.07, 6.45) is 7.12. The molecule has 0 aromatic rings. The molecule has 1 radical (unpaired) electrons. The van der Waals surface area contributed by atoms with Gasteiger partial charge in [-0.25, -0.2) is 0 Å². The summed E-state index contributed by atoms with van der Waals surface area (Å²) in [5.74, 6) is -0.285. The van der Waals surface area contributed by atoms with Gasteiger partial charge < -0.3 is 0 Å². The second kappa shape index (κ2) is 10.1. The van der Waals surface area contributed by atoms with Gasteiger partial charge in [0.25, 0.3) is 0 Å². The number of rotatable bonds is 11. The molecule has 0 spiro atoms. The zero-order valence-electron chi connectivity index (χ0n) is 19.0. The molecule has 4 nitrogen and oxygen atoms in total. The molecule has 0 aliphatic carbocycles. The number of hydrogen-bond donors (Lipinski definition) is 0. The molecule has 0 amide bonds. The Kier molecular flexibility index (Phi) is 9.35. The number of carbonyl (C=O) groups excluding carboxylic acids is 1. The summed E-state index contributed by atoms with van der Waals surface area (Å²) in [5, 5.41) is 14.6. The van der Waals surface area contributed by atoms with E-state index in [-0.39, 0.29) is 5.97 Å². The molecular formula is C22H42NO3Sn. The van der Waals surface area contributed by atoms with E-state index < -0.39 is 29.5 Å². The van der Waals surface area contributed by atoms with Gasteiger partial charge in [0.1, 0.15) is 0 Å². The topological polar surface area (TPSA) is 49.4 Å². The van der Waals surface area contributed by atoms with Gasteiger partial charge >= 0.3 is 172 Å². The van der Waals surface area contributed by atoms with Crippen LogP contribution >= 0.6 is 0 Å². The number of esters is 1. The predicted octanol–water partition coefficient (Wildman–Crippen LogP) is 6.06. The molecule has 0 fully saturated rings. The van der Waals surface area contributed by atoms with E-state index in [1.807, 2.05) is 27.7 Å². The van der Waals surface area contributed by atoms with E-state index in [2.05, 4.69) is 20.8 Å². The first-order valence-electron chi connectivity index (χ1n) is 10.9. The number of unbranched alkanes of at least 4 members (excludes halogenated alkanes) is 3. The molecule has 1 rings (SSSR count). The summed E-state index contributed by atoms with van der Waals surface area (Å²) in [6, 6.07) is 0. The van der Waals surface area contributed by atoms with Gasteiger partial charge in [0, 0.05) is 0 Å². The van der Waals surface area contributed by atoms with Gasteiger partial charge in [-0.05, 0) is 0 Å². The Bertz CT molecular complexity index is 518. The van der Waals surface area contributed by atoms with Crippen LogP contribution in [0.2, 0.25) is 13.3 Å². The quantitative estimate of drug-likeness (QED) is 0.263. The summed E-state index contributed by atoms with van der Waals surface area (Å²) in [7, 11) is 1.45. The van der Waals surface area contributed by atoms with Crippen molar-refractivity contribution in [3.8, 4) is 0 Å². The van der Waals surface area contributed by atoms with Crippen molar-refractivity contribution in [1.82, 2.24) is 5.06 Å². The Morgan fingerprint density at radius 1 is 0.889 bits per heavy atom. The van der Waals surface area contributed by atoms with Crippen LogP contribution in [0.5, 0.6) is 0 Å². The van der Waals surface area contributed by atoms with Gasteiger partial charge in [0.05, 0.1) is 0 Å². The van der Waals surface area contributed by atoms with Crippen molar-refractivity contribution in [1.29, 1.82) is 0 Å². The third-order valence-corrected chi connectivity index (χ3v) is 23.1. The van der Waals surface area contributed by atoms with E-state index in [1.165, 1.54) is 67.6 Å². The molecule has 157 valence electrons. The molecule has 1 aliphatic heterocycles. The van der Waals surface area contributed by atoms with Crippen molar-refractivity contribution in [2.45, 2.75) is 111 Å². The Balaban J connectivity index is 3.74. The van der Waals surface area contributed by atoms with Crippen LogP contribution in [0.3, 0.4) is 0 Å². The molecule has 1 heterocycles. The van der Waals surface area contributed by atoms with Crippen LogP contribution in [-0.4, -0.2) is 47.6 Å². The maximum atomic E-state index is 13.4. The minimum atomic E-state index is -2.96. The van der Waals surface area contributed by atoms with Crippen molar-refractivity contribution in [3.63, 3.8) is 0 Å². The molecule has 0 bridgehead atoms. The number of nitrogens with zero attached hydrogens (tertiary/aromatic N) is 1. The van der Waals surface area contributed by atoms with E-state index in [0.29, 0.717) is 5.57 Å². The van der Waals surface area contributed by atoms with Gasteiger partial charge in [-0.1, -0.05) is 0 Å². The number of methoxy groups -OCH3 is 1. The molecule has 27 heavy (non-hydrogen) atoms. The minimum absolute atomic E-state index is 0.285. The standard InChI is InChI=1S/C10H15NO3.3C4H9.Sn/c1-9(2)6-7(8(12)14-5)10(3,4)11(9)13;3*1-3-4-2;/h1-5H3;3*1,3-4H2,2H3;. The molecule has 0 atom stereocenters. The molecular weight excluding hydrogens is 445 g/mol. The average Bonchev–Trinajstić information content (AvgIpc) is 2.78. The van der Waals surface area contributed by atoms with Crippen LogP contribution in [0.1, 0.15) is 87.0 Å². The Labute approximate surface area is 171 Å². The fraction of sp³-hybridized carbons (Fsp3) is 0.864. The molecule has 0 aromatic carbocycles. The predicted molar refractivity (Wildman–Crippen MR) is 115 cm³/mol. The first-order valence-corrected chi connectivity index (χ1v) is 18.4. The third-order valence-electron chi connectivity index (χ3n) is 6.44. The van der Waals surface area contributed by atoms with Crippen molar-refractivity contribution >= 4 is 24.3 Å². The Morgan fingerprint density at radius 2 is 1.30 bits per heavy atom. The number of hydrogen-bond acceptors (Lipinski definition) is 3. The van der Waals surface area contributed by atoms with Gasteiger partial charge in [0.2, 0.25) is 0 Å². The summed E-state index contributed by atoms with van der Waals surface area (Å²) in [6.45, 7) is 14.6. The molecule has 1 aliphatic rings. The number of ether oxygens (including phenoxy) is 1.